The Labute approximate surface area is 140 Å². The number of aromatic nitrogens is 2. The molecule has 0 spiro atoms. The standard InChI is InChI=1S/C18H21FN4O/c1-13(14-3-5-16(19)6-4-14)23-11-7-15(8-12-23)17(24)22-18-20-9-2-10-21-18/h2-6,9-10,13,15H,7-8,11-12H2,1H3,(H,20,21,22,24)/t13-/m0/s1. The fourth-order valence-corrected chi connectivity index (χ4v) is 3.08. The fourth-order valence-electron chi connectivity index (χ4n) is 3.08. The van der Waals surface area contributed by atoms with E-state index in [9.17, 15) is 9.18 Å². The van der Waals surface area contributed by atoms with Crippen LogP contribution in [0.1, 0.15) is 31.4 Å². The lowest BCUT2D eigenvalue weighted by atomic mass is 9.94. The summed E-state index contributed by atoms with van der Waals surface area (Å²) in [6, 6.07) is 8.56. The van der Waals surface area contributed by atoms with Crippen LogP contribution in [-0.4, -0.2) is 33.9 Å². The Bertz CT molecular complexity index is 669. The Hall–Kier alpha value is -2.34. The van der Waals surface area contributed by atoms with E-state index in [-0.39, 0.29) is 23.7 Å². The molecule has 1 saturated heterocycles. The molecule has 0 unspecified atom stereocenters. The van der Waals surface area contributed by atoms with Crippen LogP contribution in [0.5, 0.6) is 0 Å². The summed E-state index contributed by atoms with van der Waals surface area (Å²) < 4.78 is 13.0. The highest BCUT2D eigenvalue weighted by Gasteiger charge is 2.28. The lowest BCUT2D eigenvalue weighted by Gasteiger charge is -2.35. The molecule has 0 bridgehead atoms. The summed E-state index contributed by atoms with van der Waals surface area (Å²) in [6.45, 7) is 3.80. The third-order valence-electron chi connectivity index (χ3n) is 4.60. The second kappa shape index (κ2) is 7.49. The smallest absolute Gasteiger partial charge is 0.229 e. The highest BCUT2D eigenvalue weighted by molar-refractivity contribution is 5.90. The monoisotopic (exact) mass is 328 g/mol. The number of piperidine rings is 1. The number of hydrogen-bond donors (Lipinski definition) is 1. The summed E-state index contributed by atoms with van der Waals surface area (Å²) in [5.41, 5.74) is 1.09. The zero-order chi connectivity index (χ0) is 16.9. The van der Waals surface area contributed by atoms with Gasteiger partial charge in [-0.25, -0.2) is 14.4 Å². The Morgan fingerprint density at radius 3 is 2.46 bits per heavy atom. The topological polar surface area (TPSA) is 58.1 Å². The van der Waals surface area contributed by atoms with Crippen molar-refractivity contribution in [3.8, 4) is 0 Å². The molecular formula is C18H21FN4O. The number of halogens is 1. The van der Waals surface area contributed by atoms with Crippen molar-refractivity contribution in [2.45, 2.75) is 25.8 Å². The lowest BCUT2D eigenvalue weighted by molar-refractivity contribution is -0.121. The number of nitrogens with one attached hydrogen (secondary N) is 1. The third kappa shape index (κ3) is 3.94. The minimum Gasteiger partial charge on any atom is -0.297 e. The van der Waals surface area contributed by atoms with Gasteiger partial charge in [0.25, 0.3) is 0 Å². The van der Waals surface area contributed by atoms with Crippen LogP contribution in [0, 0.1) is 11.7 Å². The lowest BCUT2D eigenvalue weighted by Crippen LogP contribution is -2.39. The van der Waals surface area contributed by atoms with Crippen molar-refractivity contribution in [3.05, 3.63) is 54.1 Å². The van der Waals surface area contributed by atoms with Crippen LogP contribution in [0.4, 0.5) is 10.3 Å². The van der Waals surface area contributed by atoms with Crippen LogP contribution in [0.25, 0.3) is 0 Å². The van der Waals surface area contributed by atoms with Crippen molar-refractivity contribution in [2.75, 3.05) is 18.4 Å². The molecule has 2 aromatic rings. The van der Waals surface area contributed by atoms with Crippen LogP contribution in [0.15, 0.2) is 42.7 Å². The number of benzene rings is 1. The molecular weight excluding hydrogens is 307 g/mol. The molecule has 1 amide bonds. The van der Waals surface area contributed by atoms with E-state index in [1.165, 1.54) is 12.1 Å². The highest BCUT2D eigenvalue weighted by atomic mass is 19.1. The first-order chi connectivity index (χ1) is 11.6. The summed E-state index contributed by atoms with van der Waals surface area (Å²) in [4.78, 5) is 22.7. The highest BCUT2D eigenvalue weighted by Crippen LogP contribution is 2.27. The predicted octanol–water partition coefficient (Wildman–Crippen LogP) is 3.03. The molecule has 1 aromatic carbocycles. The molecule has 24 heavy (non-hydrogen) atoms. The van der Waals surface area contributed by atoms with Crippen LogP contribution in [-0.2, 0) is 4.79 Å². The van der Waals surface area contributed by atoms with Gasteiger partial charge < -0.3 is 0 Å². The zero-order valence-electron chi connectivity index (χ0n) is 13.7. The van der Waals surface area contributed by atoms with Gasteiger partial charge in [0.2, 0.25) is 11.9 Å². The van der Waals surface area contributed by atoms with Gasteiger partial charge in [0.1, 0.15) is 5.82 Å². The van der Waals surface area contributed by atoms with Gasteiger partial charge in [0.15, 0.2) is 0 Å². The van der Waals surface area contributed by atoms with Gasteiger partial charge in [-0.1, -0.05) is 12.1 Å². The summed E-state index contributed by atoms with van der Waals surface area (Å²) in [5.74, 6) is 0.0924. The number of hydrogen-bond acceptors (Lipinski definition) is 4. The zero-order valence-corrected chi connectivity index (χ0v) is 13.7. The number of carbonyl (C=O) groups is 1. The molecule has 6 heteroatoms. The van der Waals surface area contributed by atoms with E-state index in [1.807, 2.05) is 12.1 Å². The number of amides is 1. The van der Waals surface area contributed by atoms with E-state index in [2.05, 4.69) is 27.1 Å². The molecule has 1 N–H and O–H groups in total. The van der Waals surface area contributed by atoms with Crippen molar-refractivity contribution in [2.24, 2.45) is 5.92 Å². The average Bonchev–Trinajstić information content (AvgIpc) is 2.63. The van der Waals surface area contributed by atoms with Gasteiger partial charge in [-0.2, -0.15) is 0 Å². The molecule has 126 valence electrons. The molecule has 3 rings (SSSR count). The summed E-state index contributed by atoms with van der Waals surface area (Å²) in [5, 5.41) is 2.77. The normalized spacial score (nSPS) is 17.4. The summed E-state index contributed by atoms with van der Waals surface area (Å²) >= 11 is 0. The van der Waals surface area contributed by atoms with Crippen LogP contribution in [0.2, 0.25) is 0 Å². The first-order valence-corrected chi connectivity index (χ1v) is 8.21. The third-order valence-corrected chi connectivity index (χ3v) is 4.60. The first-order valence-electron chi connectivity index (χ1n) is 8.21. The molecule has 1 aliphatic rings. The van der Waals surface area contributed by atoms with Gasteiger partial charge >= 0.3 is 0 Å². The molecule has 2 heterocycles. The molecule has 0 saturated carbocycles. The van der Waals surface area contributed by atoms with Crippen molar-refractivity contribution in [3.63, 3.8) is 0 Å². The minimum atomic E-state index is -0.218. The average molecular weight is 328 g/mol. The Morgan fingerprint density at radius 1 is 1.21 bits per heavy atom. The fraction of sp³-hybridized carbons (Fsp3) is 0.389. The number of likely N-dealkylation sites (tertiary alicyclic amines) is 1. The maximum absolute atomic E-state index is 13.0. The number of nitrogens with zero attached hydrogens (tertiary/aromatic N) is 3. The first kappa shape index (κ1) is 16.5. The van der Waals surface area contributed by atoms with Crippen molar-refractivity contribution in [1.29, 1.82) is 0 Å². The SMILES string of the molecule is C[C@@H](c1ccc(F)cc1)N1CCC(C(=O)Nc2ncccn2)CC1. The molecule has 5 nitrogen and oxygen atoms in total. The van der Waals surface area contributed by atoms with Crippen LogP contribution in [0.3, 0.4) is 0 Å². The van der Waals surface area contributed by atoms with Crippen LogP contribution >= 0.6 is 0 Å². The quantitative estimate of drug-likeness (QED) is 0.937. The van der Waals surface area contributed by atoms with Crippen molar-refractivity contribution < 1.29 is 9.18 Å². The number of rotatable bonds is 4. The van der Waals surface area contributed by atoms with Crippen molar-refractivity contribution in [1.82, 2.24) is 14.9 Å². The second-order valence-corrected chi connectivity index (χ2v) is 6.10. The van der Waals surface area contributed by atoms with Gasteiger partial charge in [-0.15, -0.1) is 0 Å². The summed E-state index contributed by atoms with van der Waals surface area (Å²) in [6.07, 6.45) is 4.81. The number of anilines is 1. The van der Waals surface area contributed by atoms with Crippen LogP contribution < -0.4 is 5.32 Å². The summed E-state index contributed by atoms with van der Waals surface area (Å²) in [7, 11) is 0. The van der Waals surface area contributed by atoms with Crippen molar-refractivity contribution >= 4 is 11.9 Å². The van der Waals surface area contributed by atoms with E-state index >= 15 is 0 Å². The van der Waals surface area contributed by atoms with Gasteiger partial charge in [-0.05, 0) is 56.6 Å². The molecule has 0 aliphatic carbocycles. The van der Waals surface area contributed by atoms with E-state index in [0.717, 1.165) is 31.5 Å². The Morgan fingerprint density at radius 2 is 1.83 bits per heavy atom. The van der Waals surface area contributed by atoms with E-state index < -0.39 is 0 Å². The largest absolute Gasteiger partial charge is 0.297 e. The minimum absolute atomic E-state index is 0.0183. The Balaban J connectivity index is 1.53. The number of carbonyl (C=O) groups excluding carboxylic acids is 1. The van der Waals surface area contributed by atoms with Gasteiger partial charge in [0.05, 0.1) is 0 Å². The molecule has 1 atom stereocenters. The predicted molar refractivity (Wildman–Crippen MR) is 89.8 cm³/mol. The molecule has 1 fully saturated rings. The Kier molecular flexibility index (Phi) is 5.15. The van der Waals surface area contributed by atoms with Gasteiger partial charge in [0, 0.05) is 24.4 Å². The van der Waals surface area contributed by atoms with Gasteiger partial charge in [-0.3, -0.25) is 15.0 Å². The van der Waals surface area contributed by atoms with E-state index in [1.54, 1.807) is 18.5 Å². The van der Waals surface area contributed by atoms with E-state index in [0.29, 0.717) is 5.95 Å². The molecule has 1 aromatic heterocycles. The maximum atomic E-state index is 13.0. The second-order valence-electron chi connectivity index (χ2n) is 6.10. The van der Waals surface area contributed by atoms with E-state index in [4.69, 9.17) is 0 Å². The maximum Gasteiger partial charge on any atom is 0.229 e. The molecule has 0 radical (unpaired) electrons. The molecule has 1 aliphatic heterocycles.